The van der Waals surface area contributed by atoms with Crippen molar-refractivity contribution in [3.63, 3.8) is 0 Å². The van der Waals surface area contributed by atoms with Crippen molar-refractivity contribution in [3.05, 3.63) is 188 Å². The lowest BCUT2D eigenvalue weighted by Crippen LogP contribution is -2.01. The molecule has 0 bridgehead atoms. The first-order valence-electron chi connectivity index (χ1n) is 16.1. The van der Waals surface area contributed by atoms with Crippen LogP contribution in [-0.4, -0.2) is 15.0 Å². The Balaban J connectivity index is 1.31. The van der Waals surface area contributed by atoms with Gasteiger partial charge in [-0.1, -0.05) is 170 Å². The van der Waals surface area contributed by atoms with Crippen molar-refractivity contribution in [3.8, 4) is 78.7 Å². The maximum atomic E-state index is 5.17. The van der Waals surface area contributed by atoms with Crippen LogP contribution in [0.1, 0.15) is 0 Å². The van der Waals surface area contributed by atoms with Gasteiger partial charge in [-0.3, -0.25) is 0 Å². The Bertz CT molecular complexity index is 2300. The average Bonchev–Trinajstić information content (AvgIpc) is 3.19. The van der Waals surface area contributed by atoms with E-state index in [1.807, 2.05) is 24.3 Å². The second-order valence-corrected chi connectivity index (χ2v) is 11.7. The van der Waals surface area contributed by atoms with Crippen molar-refractivity contribution in [2.45, 2.75) is 0 Å². The van der Waals surface area contributed by atoms with Gasteiger partial charge in [0.25, 0.3) is 0 Å². The van der Waals surface area contributed by atoms with Crippen LogP contribution >= 0.6 is 0 Å². The lowest BCUT2D eigenvalue weighted by molar-refractivity contribution is 1.07. The Morgan fingerprint density at radius 1 is 0.208 bits per heavy atom. The molecule has 0 spiro atoms. The number of rotatable bonds is 7. The first kappa shape index (κ1) is 29.0. The zero-order valence-electron chi connectivity index (χ0n) is 26.2. The van der Waals surface area contributed by atoms with E-state index in [2.05, 4.69) is 164 Å². The fourth-order valence-corrected chi connectivity index (χ4v) is 6.07. The van der Waals surface area contributed by atoms with Crippen molar-refractivity contribution >= 4 is 0 Å². The molecule has 226 valence electrons. The van der Waals surface area contributed by atoms with E-state index in [0.29, 0.717) is 17.5 Å². The van der Waals surface area contributed by atoms with E-state index in [-0.39, 0.29) is 0 Å². The maximum Gasteiger partial charge on any atom is 0.164 e. The first-order chi connectivity index (χ1) is 23.8. The van der Waals surface area contributed by atoms with Gasteiger partial charge in [0.2, 0.25) is 0 Å². The highest BCUT2D eigenvalue weighted by Gasteiger charge is 2.17. The molecule has 0 saturated carbocycles. The molecule has 0 unspecified atom stereocenters. The monoisotopic (exact) mass is 613 g/mol. The summed E-state index contributed by atoms with van der Waals surface area (Å²) in [6, 6.07) is 65.2. The van der Waals surface area contributed by atoms with Crippen molar-refractivity contribution in [2.24, 2.45) is 0 Å². The summed E-state index contributed by atoms with van der Waals surface area (Å²) >= 11 is 0. The van der Waals surface area contributed by atoms with E-state index in [0.717, 1.165) is 55.6 Å². The van der Waals surface area contributed by atoms with Crippen LogP contribution in [0.25, 0.3) is 78.7 Å². The SMILES string of the molecule is c1ccc(-c2ccc(-c3nc(-c4cccc(-c5ccccc5)c4)nc(-c4ccc(-c5ccccc5)cc4-c4ccccc4)n3)cc2)cc1. The minimum Gasteiger partial charge on any atom is -0.208 e. The molecule has 3 nitrogen and oxygen atoms in total. The van der Waals surface area contributed by atoms with E-state index in [1.54, 1.807) is 0 Å². The van der Waals surface area contributed by atoms with Gasteiger partial charge in [-0.15, -0.1) is 0 Å². The standard InChI is InChI=1S/C45H31N3/c1-5-14-32(15-6-1)35-24-26-37(27-25-35)43-46-44(40-23-13-22-38(30-40)33-16-7-2-8-17-33)48-45(47-43)41-29-28-39(34-18-9-3-10-19-34)31-42(41)36-20-11-4-12-21-36/h1-31H. The summed E-state index contributed by atoms with van der Waals surface area (Å²) in [4.78, 5) is 15.4. The minimum absolute atomic E-state index is 0.630. The third kappa shape index (κ3) is 6.05. The first-order valence-corrected chi connectivity index (χ1v) is 16.1. The van der Waals surface area contributed by atoms with Gasteiger partial charge >= 0.3 is 0 Å². The number of nitrogens with zero attached hydrogens (tertiary/aromatic N) is 3. The van der Waals surface area contributed by atoms with Gasteiger partial charge in [0.05, 0.1) is 0 Å². The number of hydrogen-bond donors (Lipinski definition) is 0. The molecule has 0 aliphatic carbocycles. The Morgan fingerprint density at radius 2 is 0.583 bits per heavy atom. The Hall–Kier alpha value is -6.45. The van der Waals surface area contributed by atoms with Crippen LogP contribution in [0.4, 0.5) is 0 Å². The molecule has 0 amide bonds. The summed E-state index contributed by atoms with van der Waals surface area (Å²) in [5, 5.41) is 0. The lowest BCUT2D eigenvalue weighted by atomic mass is 9.94. The lowest BCUT2D eigenvalue weighted by Gasteiger charge is -2.14. The summed E-state index contributed by atoms with van der Waals surface area (Å²) < 4.78 is 0. The molecule has 48 heavy (non-hydrogen) atoms. The fourth-order valence-electron chi connectivity index (χ4n) is 6.07. The second kappa shape index (κ2) is 13.1. The average molecular weight is 614 g/mol. The van der Waals surface area contributed by atoms with Gasteiger partial charge in [-0.05, 0) is 62.7 Å². The molecule has 0 radical (unpaired) electrons. The quantitative estimate of drug-likeness (QED) is 0.179. The van der Waals surface area contributed by atoms with Gasteiger partial charge in [0, 0.05) is 16.7 Å². The molecule has 0 N–H and O–H groups in total. The highest BCUT2D eigenvalue weighted by molar-refractivity contribution is 5.86. The van der Waals surface area contributed by atoms with E-state index in [1.165, 1.54) is 5.56 Å². The van der Waals surface area contributed by atoms with Gasteiger partial charge in [0.15, 0.2) is 17.5 Å². The van der Waals surface area contributed by atoms with Crippen molar-refractivity contribution in [2.75, 3.05) is 0 Å². The molecule has 0 aliphatic rings. The third-order valence-electron chi connectivity index (χ3n) is 8.57. The highest BCUT2D eigenvalue weighted by Crippen LogP contribution is 2.36. The number of benzene rings is 7. The molecule has 0 fully saturated rings. The second-order valence-electron chi connectivity index (χ2n) is 11.7. The molecule has 8 aromatic rings. The largest absolute Gasteiger partial charge is 0.208 e. The third-order valence-corrected chi connectivity index (χ3v) is 8.57. The predicted molar refractivity (Wildman–Crippen MR) is 198 cm³/mol. The van der Waals surface area contributed by atoms with Crippen molar-refractivity contribution in [1.82, 2.24) is 15.0 Å². The topological polar surface area (TPSA) is 38.7 Å². The van der Waals surface area contributed by atoms with Crippen LogP contribution < -0.4 is 0 Å². The Labute approximate surface area is 280 Å². The summed E-state index contributed by atoms with van der Waals surface area (Å²) in [6.07, 6.45) is 0. The Morgan fingerprint density at radius 3 is 1.17 bits per heavy atom. The predicted octanol–water partition coefficient (Wildman–Crippen LogP) is 11.5. The van der Waals surface area contributed by atoms with E-state index >= 15 is 0 Å². The van der Waals surface area contributed by atoms with Gasteiger partial charge in [-0.25, -0.2) is 15.0 Å². The van der Waals surface area contributed by atoms with Crippen LogP contribution in [0.2, 0.25) is 0 Å². The van der Waals surface area contributed by atoms with E-state index < -0.39 is 0 Å². The van der Waals surface area contributed by atoms with E-state index in [9.17, 15) is 0 Å². The van der Waals surface area contributed by atoms with Gasteiger partial charge in [0.1, 0.15) is 0 Å². The van der Waals surface area contributed by atoms with Crippen molar-refractivity contribution in [1.29, 1.82) is 0 Å². The fraction of sp³-hybridized carbons (Fsp3) is 0. The summed E-state index contributed by atoms with van der Waals surface area (Å²) in [7, 11) is 0. The van der Waals surface area contributed by atoms with Crippen molar-refractivity contribution < 1.29 is 0 Å². The summed E-state index contributed by atoms with van der Waals surface area (Å²) in [5.41, 5.74) is 11.9. The van der Waals surface area contributed by atoms with E-state index in [4.69, 9.17) is 15.0 Å². The molecule has 0 atom stereocenters. The van der Waals surface area contributed by atoms with Crippen LogP contribution in [0.3, 0.4) is 0 Å². The summed E-state index contributed by atoms with van der Waals surface area (Å²) in [6.45, 7) is 0. The van der Waals surface area contributed by atoms with Crippen LogP contribution in [0, 0.1) is 0 Å². The molecular formula is C45H31N3. The van der Waals surface area contributed by atoms with Crippen LogP contribution in [0.5, 0.6) is 0 Å². The van der Waals surface area contributed by atoms with Gasteiger partial charge < -0.3 is 0 Å². The maximum absolute atomic E-state index is 5.17. The zero-order chi connectivity index (χ0) is 32.1. The van der Waals surface area contributed by atoms with Crippen LogP contribution in [0.15, 0.2) is 188 Å². The smallest absolute Gasteiger partial charge is 0.164 e. The number of aromatic nitrogens is 3. The molecule has 1 aromatic heterocycles. The molecule has 0 saturated heterocycles. The Kier molecular flexibility index (Phi) is 7.92. The molecule has 8 rings (SSSR count). The molecule has 0 aliphatic heterocycles. The highest BCUT2D eigenvalue weighted by atomic mass is 15.0. The van der Waals surface area contributed by atoms with Gasteiger partial charge in [-0.2, -0.15) is 0 Å². The normalized spacial score (nSPS) is 10.9. The minimum atomic E-state index is 0.630. The zero-order valence-corrected chi connectivity index (χ0v) is 26.2. The van der Waals surface area contributed by atoms with Crippen LogP contribution in [-0.2, 0) is 0 Å². The molecular weight excluding hydrogens is 583 g/mol. The number of hydrogen-bond acceptors (Lipinski definition) is 3. The molecule has 3 heteroatoms. The molecule has 1 heterocycles. The summed E-state index contributed by atoms with van der Waals surface area (Å²) in [5.74, 6) is 1.89. The molecule has 7 aromatic carbocycles.